The molecule has 2 saturated carbocycles. The average Bonchev–Trinajstić information content (AvgIpc) is 3.12. The van der Waals surface area contributed by atoms with Crippen molar-refractivity contribution >= 4 is 11.7 Å². The van der Waals surface area contributed by atoms with E-state index in [1.807, 2.05) is 11.0 Å². The molecular formula is C26H42N2O2. The van der Waals surface area contributed by atoms with Crippen molar-refractivity contribution in [1.82, 2.24) is 9.80 Å². The first-order chi connectivity index (χ1) is 14.2. The number of nitrogens with zero attached hydrogens (tertiary/aromatic N) is 2. The lowest BCUT2D eigenvalue weighted by Gasteiger charge is -2.60. The molecule has 1 aliphatic heterocycles. The molecule has 0 radical (unpaired) electrons. The molecule has 0 aromatic rings. The van der Waals surface area contributed by atoms with E-state index in [4.69, 9.17) is 0 Å². The minimum atomic E-state index is -0.0396. The molecule has 0 aromatic heterocycles. The van der Waals surface area contributed by atoms with Crippen LogP contribution in [0.15, 0.2) is 11.8 Å². The Hall–Kier alpha value is -1.32. The summed E-state index contributed by atoms with van der Waals surface area (Å²) in [5.41, 5.74) is 1.86. The summed E-state index contributed by atoms with van der Waals surface area (Å²) >= 11 is 0. The summed E-state index contributed by atoms with van der Waals surface area (Å²) in [6, 6.07) is 0. The van der Waals surface area contributed by atoms with Crippen LogP contribution < -0.4 is 0 Å². The molecule has 4 heteroatoms. The van der Waals surface area contributed by atoms with Gasteiger partial charge in [-0.3, -0.25) is 9.59 Å². The van der Waals surface area contributed by atoms with Crippen LogP contribution in [0.25, 0.3) is 0 Å². The second kappa shape index (κ2) is 7.98. The number of hydrogen-bond acceptors (Lipinski definition) is 3. The normalized spacial score (nSPS) is 39.0. The number of fused-ring (bicyclic) bond motifs is 5. The Morgan fingerprint density at radius 3 is 2.60 bits per heavy atom. The molecule has 6 atom stereocenters. The fraction of sp³-hybridized carbons (Fsp3) is 0.846. The van der Waals surface area contributed by atoms with Crippen molar-refractivity contribution in [2.45, 2.75) is 79.6 Å². The first-order valence-corrected chi connectivity index (χ1v) is 12.5. The largest absolute Gasteiger partial charge is 0.373 e. The van der Waals surface area contributed by atoms with Crippen molar-refractivity contribution in [2.24, 2.45) is 34.5 Å². The molecular weight excluding hydrogens is 372 g/mol. The molecule has 0 bridgehead atoms. The van der Waals surface area contributed by atoms with Crippen LogP contribution in [-0.2, 0) is 9.59 Å². The number of hydrogen-bond donors (Lipinski definition) is 0. The van der Waals surface area contributed by atoms with Gasteiger partial charge in [0, 0.05) is 49.8 Å². The highest BCUT2D eigenvalue weighted by Crippen LogP contribution is 2.63. The minimum absolute atomic E-state index is 0.0396. The lowest BCUT2D eigenvalue weighted by Crippen LogP contribution is -2.58. The van der Waals surface area contributed by atoms with E-state index in [0.717, 1.165) is 38.5 Å². The maximum atomic E-state index is 13.0. The first-order valence-electron chi connectivity index (χ1n) is 12.5. The van der Waals surface area contributed by atoms with E-state index < -0.39 is 0 Å². The summed E-state index contributed by atoms with van der Waals surface area (Å²) in [5.74, 6) is 2.69. The van der Waals surface area contributed by atoms with Gasteiger partial charge in [0.15, 0.2) is 5.78 Å². The quantitative estimate of drug-likeness (QED) is 0.643. The molecule has 0 N–H and O–H groups in total. The Balaban J connectivity index is 1.64. The molecule has 168 valence electrons. The molecule has 4 aliphatic rings. The van der Waals surface area contributed by atoms with Gasteiger partial charge in [-0.1, -0.05) is 27.2 Å². The van der Waals surface area contributed by atoms with E-state index in [-0.39, 0.29) is 23.0 Å². The molecule has 4 nitrogen and oxygen atoms in total. The fourth-order valence-corrected chi connectivity index (χ4v) is 7.84. The van der Waals surface area contributed by atoms with Gasteiger partial charge in [-0.05, 0) is 69.1 Å². The highest BCUT2D eigenvalue weighted by Gasteiger charge is 2.58. The summed E-state index contributed by atoms with van der Waals surface area (Å²) in [5, 5.41) is 0. The Bertz CT molecular complexity index is 727. The lowest BCUT2D eigenvalue weighted by atomic mass is 9.50. The van der Waals surface area contributed by atoms with Crippen molar-refractivity contribution in [1.29, 1.82) is 0 Å². The number of likely N-dealkylation sites (tertiary alicyclic amines) is 1. The molecule has 3 fully saturated rings. The average molecular weight is 415 g/mol. The van der Waals surface area contributed by atoms with Gasteiger partial charge < -0.3 is 9.80 Å². The van der Waals surface area contributed by atoms with Crippen molar-refractivity contribution in [2.75, 3.05) is 26.2 Å². The van der Waals surface area contributed by atoms with Gasteiger partial charge in [0.05, 0.1) is 5.92 Å². The van der Waals surface area contributed by atoms with E-state index in [2.05, 4.69) is 39.5 Å². The zero-order valence-electron chi connectivity index (χ0n) is 19.9. The smallest absolute Gasteiger partial charge is 0.227 e. The first kappa shape index (κ1) is 21.9. The Morgan fingerprint density at radius 2 is 1.90 bits per heavy atom. The van der Waals surface area contributed by atoms with Gasteiger partial charge in [0.2, 0.25) is 5.91 Å². The third-order valence-corrected chi connectivity index (χ3v) is 9.57. The van der Waals surface area contributed by atoms with E-state index in [1.165, 1.54) is 37.8 Å². The number of piperidine rings is 1. The minimum Gasteiger partial charge on any atom is -0.373 e. The second-order valence-electron chi connectivity index (χ2n) is 11.2. The molecule has 4 rings (SSSR count). The van der Waals surface area contributed by atoms with Gasteiger partial charge in [-0.15, -0.1) is 0 Å². The summed E-state index contributed by atoms with van der Waals surface area (Å²) in [4.78, 5) is 29.9. The van der Waals surface area contributed by atoms with Crippen LogP contribution in [0.3, 0.4) is 0 Å². The SMILES string of the molecule is CCN(CC)C(=O)C(C)CN1C[C@H]2[C@@H]3CCC[C@@]3(C)CC[C@@H]2[C@@]2(C)CCC(=O)C=C12. The topological polar surface area (TPSA) is 40.6 Å². The predicted octanol–water partition coefficient (Wildman–Crippen LogP) is 4.89. The number of amides is 1. The molecule has 3 aliphatic carbocycles. The van der Waals surface area contributed by atoms with Crippen molar-refractivity contribution < 1.29 is 9.59 Å². The van der Waals surface area contributed by atoms with Gasteiger partial charge in [0.25, 0.3) is 0 Å². The lowest BCUT2D eigenvalue weighted by molar-refractivity contribution is -0.136. The molecule has 1 unspecified atom stereocenters. The zero-order chi connectivity index (χ0) is 21.7. The van der Waals surface area contributed by atoms with Gasteiger partial charge in [-0.25, -0.2) is 0 Å². The van der Waals surface area contributed by atoms with Crippen molar-refractivity contribution in [3.8, 4) is 0 Å². The predicted molar refractivity (Wildman–Crippen MR) is 121 cm³/mol. The van der Waals surface area contributed by atoms with Gasteiger partial charge >= 0.3 is 0 Å². The van der Waals surface area contributed by atoms with E-state index in [0.29, 0.717) is 23.7 Å². The van der Waals surface area contributed by atoms with E-state index >= 15 is 0 Å². The fourth-order valence-electron chi connectivity index (χ4n) is 7.84. The Labute approximate surface area is 183 Å². The highest BCUT2D eigenvalue weighted by molar-refractivity contribution is 5.91. The molecule has 1 saturated heterocycles. The molecule has 30 heavy (non-hydrogen) atoms. The van der Waals surface area contributed by atoms with Crippen LogP contribution in [0.4, 0.5) is 0 Å². The third-order valence-electron chi connectivity index (χ3n) is 9.57. The number of allylic oxidation sites excluding steroid dienone is 2. The number of carbonyl (C=O) groups is 2. The summed E-state index contributed by atoms with van der Waals surface area (Å²) in [7, 11) is 0. The summed E-state index contributed by atoms with van der Waals surface area (Å²) in [6.45, 7) is 14.5. The zero-order valence-corrected chi connectivity index (χ0v) is 19.9. The Kier molecular flexibility index (Phi) is 5.83. The van der Waals surface area contributed by atoms with E-state index in [1.54, 1.807) is 0 Å². The third kappa shape index (κ3) is 3.42. The van der Waals surface area contributed by atoms with E-state index in [9.17, 15) is 9.59 Å². The molecule has 0 aromatic carbocycles. The maximum Gasteiger partial charge on any atom is 0.227 e. The van der Waals surface area contributed by atoms with Gasteiger partial charge in [-0.2, -0.15) is 0 Å². The number of rotatable bonds is 5. The van der Waals surface area contributed by atoms with Crippen LogP contribution in [0.1, 0.15) is 79.6 Å². The molecule has 1 amide bonds. The van der Waals surface area contributed by atoms with Crippen LogP contribution in [0.2, 0.25) is 0 Å². The van der Waals surface area contributed by atoms with Crippen molar-refractivity contribution in [3.63, 3.8) is 0 Å². The Morgan fingerprint density at radius 1 is 1.17 bits per heavy atom. The van der Waals surface area contributed by atoms with Crippen LogP contribution >= 0.6 is 0 Å². The van der Waals surface area contributed by atoms with Crippen LogP contribution in [0.5, 0.6) is 0 Å². The van der Waals surface area contributed by atoms with Crippen LogP contribution in [-0.4, -0.2) is 47.7 Å². The standard InChI is InChI=1S/C26H42N2O2/c1-6-27(7-2)24(30)18(3)16-28-17-20-21-9-8-12-25(21,4)13-11-22(20)26(5)14-10-19(29)15-23(26)28/h15,18,20-22H,6-14,16-17H2,1-5H3/t18?,20-,21-,22-,25-,26+/m0/s1. The molecule has 0 spiro atoms. The summed E-state index contributed by atoms with van der Waals surface area (Å²) < 4.78 is 0. The number of carbonyl (C=O) groups excluding carboxylic acids is 2. The second-order valence-corrected chi connectivity index (χ2v) is 11.2. The monoisotopic (exact) mass is 414 g/mol. The molecule has 1 heterocycles. The number of ketones is 1. The highest BCUT2D eigenvalue weighted by atomic mass is 16.2. The van der Waals surface area contributed by atoms with Gasteiger partial charge in [0.1, 0.15) is 0 Å². The maximum absolute atomic E-state index is 13.0. The summed E-state index contributed by atoms with van der Waals surface area (Å²) in [6.07, 6.45) is 10.4. The van der Waals surface area contributed by atoms with Crippen molar-refractivity contribution in [3.05, 3.63) is 11.8 Å². The van der Waals surface area contributed by atoms with Crippen LogP contribution in [0, 0.1) is 34.5 Å².